The van der Waals surface area contributed by atoms with E-state index >= 15 is 0 Å². The molecule has 88 valence electrons. The SMILES string of the molecule is Cl.c1ccc2[nH]c(CSc3ncn[nH]3)nc2c1. The Morgan fingerprint density at radius 2 is 2.12 bits per heavy atom. The number of thioether (sulfide) groups is 1. The summed E-state index contributed by atoms with van der Waals surface area (Å²) in [5.41, 5.74) is 2.06. The Hall–Kier alpha value is -1.53. The number of fused-ring (bicyclic) bond motifs is 1. The number of benzene rings is 1. The maximum atomic E-state index is 4.47. The lowest BCUT2D eigenvalue weighted by Crippen LogP contribution is -1.84. The van der Waals surface area contributed by atoms with Crippen molar-refractivity contribution in [1.29, 1.82) is 0 Å². The molecule has 2 aromatic heterocycles. The molecule has 0 saturated heterocycles. The molecule has 0 unspecified atom stereocenters. The summed E-state index contributed by atoms with van der Waals surface area (Å²) in [6.07, 6.45) is 1.50. The van der Waals surface area contributed by atoms with E-state index in [1.165, 1.54) is 6.33 Å². The third-order valence-electron chi connectivity index (χ3n) is 2.18. The van der Waals surface area contributed by atoms with Gasteiger partial charge in [0.25, 0.3) is 0 Å². The minimum absolute atomic E-state index is 0. The standard InChI is InChI=1S/C10H9N5S.ClH/c1-2-4-8-7(3-1)13-9(14-8)5-16-10-11-6-12-15-10;/h1-4,6H,5H2,(H,13,14)(H,11,12,15);1H. The van der Waals surface area contributed by atoms with E-state index in [9.17, 15) is 0 Å². The van der Waals surface area contributed by atoms with Crippen molar-refractivity contribution in [2.45, 2.75) is 10.9 Å². The van der Waals surface area contributed by atoms with Crippen LogP contribution < -0.4 is 0 Å². The zero-order valence-corrected chi connectivity index (χ0v) is 10.4. The topological polar surface area (TPSA) is 70.2 Å². The molecule has 3 aromatic rings. The summed E-state index contributed by atoms with van der Waals surface area (Å²) < 4.78 is 0. The largest absolute Gasteiger partial charge is 0.341 e. The van der Waals surface area contributed by atoms with Crippen LogP contribution in [0.25, 0.3) is 11.0 Å². The van der Waals surface area contributed by atoms with E-state index < -0.39 is 0 Å². The summed E-state index contributed by atoms with van der Waals surface area (Å²) in [6, 6.07) is 7.99. The van der Waals surface area contributed by atoms with Gasteiger partial charge in [0.15, 0.2) is 5.16 Å². The molecule has 3 rings (SSSR count). The summed E-state index contributed by atoms with van der Waals surface area (Å²) in [6.45, 7) is 0. The highest BCUT2D eigenvalue weighted by Crippen LogP contribution is 2.18. The summed E-state index contributed by atoms with van der Waals surface area (Å²) >= 11 is 1.57. The predicted octanol–water partition coefficient (Wildman–Crippen LogP) is 2.40. The summed E-state index contributed by atoms with van der Waals surface area (Å²) in [5.74, 6) is 1.70. The predicted molar refractivity (Wildman–Crippen MR) is 69.3 cm³/mol. The van der Waals surface area contributed by atoms with Crippen LogP contribution in [0.3, 0.4) is 0 Å². The summed E-state index contributed by atoms with van der Waals surface area (Å²) in [4.78, 5) is 11.8. The normalized spacial score (nSPS) is 10.4. The monoisotopic (exact) mass is 267 g/mol. The van der Waals surface area contributed by atoms with Gasteiger partial charge in [0.1, 0.15) is 12.2 Å². The molecule has 5 nitrogen and oxygen atoms in total. The molecule has 2 N–H and O–H groups in total. The first-order valence-electron chi connectivity index (χ1n) is 4.83. The van der Waals surface area contributed by atoms with Crippen LogP contribution in [0.1, 0.15) is 5.82 Å². The van der Waals surface area contributed by atoms with Gasteiger partial charge in [0, 0.05) is 0 Å². The van der Waals surface area contributed by atoms with Crippen LogP contribution in [0.2, 0.25) is 0 Å². The molecule has 17 heavy (non-hydrogen) atoms. The first kappa shape index (κ1) is 11.9. The molecular formula is C10H10ClN5S. The molecule has 0 aliphatic heterocycles. The number of rotatable bonds is 3. The molecule has 0 bridgehead atoms. The molecule has 0 radical (unpaired) electrons. The summed E-state index contributed by atoms with van der Waals surface area (Å²) in [7, 11) is 0. The molecule has 0 aliphatic rings. The zero-order chi connectivity index (χ0) is 10.8. The minimum Gasteiger partial charge on any atom is -0.341 e. The van der Waals surface area contributed by atoms with E-state index in [1.807, 2.05) is 24.3 Å². The van der Waals surface area contributed by atoms with Gasteiger partial charge in [-0.2, -0.15) is 5.10 Å². The molecule has 1 aromatic carbocycles. The van der Waals surface area contributed by atoms with Gasteiger partial charge >= 0.3 is 0 Å². The quantitative estimate of drug-likeness (QED) is 0.715. The van der Waals surface area contributed by atoms with E-state index in [1.54, 1.807) is 11.8 Å². The van der Waals surface area contributed by atoms with Gasteiger partial charge in [0.2, 0.25) is 0 Å². The lowest BCUT2D eigenvalue weighted by Gasteiger charge is -1.92. The number of H-pyrrole nitrogens is 2. The average molecular weight is 268 g/mol. The van der Waals surface area contributed by atoms with Crippen LogP contribution >= 0.6 is 24.2 Å². The van der Waals surface area contributed by atoms with Gasteiger partial charge < -0.3 is 4.98 Å². The highest BCUT2D eigenvalue weighted by Gasteiger charge is 2.03. The van der Waals surface area contributed by atoms with Crippen LogP contribution in [-0.2, 0) is 5.75 Å². The lowest BCUT2D eigenvalue weighted by molar-refractivity contribution is 0.970. The molecule has 0 fully saturated rings. The Labute approximate surface area is 108 Å². The molecular weight excluding hydrogens is 258 g/mol. The second-order valence-corrected chi connectivity index (χ2v) is 4.24. The van der Waals surface area contributed by atoms with Crippen molar-refractivity contribution in [3.63, 3.8) is 0 Å². The molecule has 0 atom stereocenters. The van der Waals surface area contributed by atoms with Crippen molar-refractivity contribution in [3.05, 3.63) is 36.4 Å². The minimum atomic E-state index is 0. The highest BCUT2D eigenvalue weighted by molar-refractivity contribution is 7.98. The fraction of sp³-hybridized carbons (Fsp3) is 0.100. The number of para-hydroxylation sites is 2. The van der Waals surface area contributed by atoms with Gasteiger partial charge in [0.05, 0.1) is 16.8 Å². The molecule has 0 aliphatic carbocycles. The van der Waals surface area contributed by atoms with Crippen molar-refractivity contribution in [2.24, 2.45) is 0 Å². The van der Waals surface area contributed by atoms with Gasteiger partial charge in [-0.05, 0) is 12.1 Å². The number of imidazole rings is 1. The Kier molecular flexibility index (Phi) is 3.65. The summed E-state index contributed by atoms with van der Waals surface area (Å²) in [5, 5.41) is 7.40. The van der Waals surface area contributed by atoms with Crippen LogP contribution in [0, 0.1) is 0 Å². The van der Waals surface area contributed by atoms with Crippen molar-refractivity contribution in [1.82, 2.24) is 25.1 Å². The second kappa shape index (κ2) is 5.20. The average Bonchev–Trinajstić information content (AvgIpc) is 2.95. The van der Waals surface area contributed by atoms with E-state index in [2.05, 4.69) is 25.1 Å². The Morgan fingerprint density at radius 3 is 2.88 bits per heavy atom. The third kappa shape index (κ3) is 2.59. The second-order valence-electron chi connectivity index (χ2n) is 3.28. The van der Waals surface area contributed by atoms with Crippen LogP contribution in [-0.4, -0.2) is 25.1 Å². The van der Waals surface area contributed by atoms with Crippen molar-refractivity contribution < 1.29 is 0 Å². The third-order valence-corrected chi connectivity index (χ3v) is 3.06. The van der Waals surface area contributed by atoms with Crippen LogP contribution in [0.15, 0.2) is 35.7 Å². The van der Waals surface area contributed by atoms with Gasteiger partial charge in [-0.25, -0.2) is 9.97 Å². The first-order valence-corrected chi connectivity index (χ1v) is 5.82. The Morgan fingerprint density at radius 1 is 1.24 bits per heavy atom. The maximum Gasteiger partial charge on any atom is 0.183 e. The number of aromatic amines is 2. The molecule has 0 saturated carbocycles. The lowest BCUT2D eigenvalue weighted by atomic mass is 10.3. The molecule has 0 amide bonds. The van der Waals surface area contributed by atoms with Crippen LogP contribution in [0.4, 0.5) is 0 Å². The number of nitrogens with one attached hydrogen (secondary N) is 2. The van der Waals surface area contributed by atoms with E-state index in [0.717, 1.165) is 27.8 Å². The number of hydrogen-bond donors (Lipinski definition) is 2. The zero-order valence-electron chi connectivity index (χ0n) is 8.75. The highest BCUT2D eigenvalue weighted by atomic mass is 35.5. The molecule has 0 spiro atoms. The van der Waals surface area contributed by atoms with E-state index in [4.69, 9.17) is 0 Å². The number of aromatic nitrogens is 5. The van der Waals surface area contributed by atoms with Gasteiger partial charge in [-0.1, -0.05) is 23.9 Å². The Balaban J connectivity index is 0.00000108. The van der Waals surface area contributed by atoms with Crippen molar-refractivity contribution in [3.8, 4) is 0 Å². The molecule has 7 heteroatoms. The van der Waals surface area contributed by atoms with Crippen LogP contribution in [0.5, 0.6) is 0 Å². The Bertz CT molecular complexity index is 559. The fourth-order valence-corrected chi connectivity index (χ4v) is 2.12. The number of hydrogen-bond acceptors (Lipinski definition) is 4. The van der Waals surface area contributed by atoms with Crippen molar-refractivity contribution in [2.75, 3.05) is 0 Å². The fourth-order valence-electron chi connectivity index (χ4n) is 1.47. The first-order chi connectivity index (χ1) is 7.92. The molecule has 2 heterocycles. The van der Waals surface area contributed by atoms with E-state index in [0.29, 0.717) is 0 Å². The number of nitrogens with zero attached hydrogens (tertiary/aromatic N) is 3. The smallest absolute Gasteiger partial charge is 0.183 e. The van der Waals surface area contributed by atoms with E-state index in [-0.39, 0.29) is 12.4 Å². The van der Waals surface area contributed by atoms with Gasteiger partial charge in [-0.3, -0.25) is 5.10 Å². The maximum absolute atomic E-state index is 4.47. The number of halogens is 1. The van der Waals surface area contributed by atoms with Crippen molar-refractivity contribution >= 4 is 35.2 Å². The van der Waals surface area contributed by atoms with Gasteiger partial charge in [-0.15, -0.1) is 12.4 Å².